The van der Waals surface area contributed by atoms with Crippen LogP contribution in [0.4, 0.5) is 5.69 Å². The normalized spacial score (nSPS) is 29.4. The van der Waals surface area contributed by atoms with Gasteiger partial charge in [0.05, 0.1) is 18.8 Å². The maximum Gasteiger partial charge on any atom is 0.303 e. The highest BCUT2D eigenvalue weighted by atomic mass is 16.6. The standard InChI is InChI=1S/C18H25NO6/c1-11-15(22)9-24-16(10-23-12(2)20)18(25-13(3)21)17(11)19-14-7-5-4-6-8-14/h4-8,11,15-19,22H,9-10H2,1-3H3/t11-,15-,16+,17-,18-/m0/s1. The van der Waals surface area contributed by atoms with Gasteiger partial charge in [-0.3, -0.25) is 9.59 Å². The second kappa shape index (κ2) is 8.82. The molecule has 1 fully saturated rings. The number of ether oxygens (including phenoxy) is 3. The van der Waals surface area contributed by atoms with Gasteiger partial charge in [0, 0.05) is 25.5 Å². The molecule has 1 saturated heterocycles. The zero-order chi connectivity index (χ0) is 18.4. The molecule has 0 bridgehead atoms. The smallest absolute Gasteiger partial charge is 0.303 e. The Bertz CT molecular complexity index is 578. The van der Waals surface area contributed by atoms with Crippen molar-refractivity contribution in [3.05, 3.63) is 30.3 Å². The predicted molar refractivity (Wildman–Crippen MR) is 91.0 cm³/mol. The van der Waals surface area contributed by atoms with E-state index in [1.54, 1.807) is 0 Å². The van der Waals surface area contributed by atoms with Crippen LogP contribution in [0.2, 0.25) is 0 Å². The lowest BCUT2D eigenvalue weighted by molar-refractivity contribution is -0.162. The number of para-hydroxylation sites is 1. The summed E-state index contributed by atoms with van der Waals surface area (Å²) in [6, 6.07) is 9.02. The Morgan fingerprint density at radius 3 is 2.52 bits per heavy atom. The monoisotopic (exact) mass is 351 g/mol. The van der Waals surface area contributed by atoms with Crippen LogP contribution in [0.15, 0.2) is 30.3 Å². The third kappa shape index (κ3) is 5.44. The summed E-state index contributed by atoms with van der Waals surface area (Å²) >= 11 is 0. The molecule has 1 heterocycles. The molecular weight excluding hydrogens is 326 g/mol. The minimum Gasteiger partial charge on any atom is -0.463 e. The number of rotatable bonds is 5. The molecule has 1 aliphatic rings. The molecule has 1 aromatic rings. The number of hydrogen-bond acceptors (Lipinski definition) is 7. The lowest BCUT2D eigenvalue weighted by atomic mass is 9.90. The molecule has 1 aliphatic heterocycles. The lowest BCUT2D eigenvalue weighted by Gasteiger charge is -2.34. The van der Waals surface area contributed by atoms with E-state index in [2.05, 4.69) is 5.32 Å². The van der Waals surface area contributed by atoms with E-state index in [0.29, 0.717) is 0 Å². The van der Waals surface area contributed by atoms with Crippen LogP contribution >= 0.6 is 0 Å². The number of carbonyl (C=O) groups excluding carboxylic acids is 2. The molecule has 0 saturated carbocycles. The summed E-state index contributed by atoms with van der Waals surface area (Å²) in [7, 11) is 0. The summed E-state index contributed by atoms with van der Waals surface area (Å²) in [5.41, 5.74) is 0.830. The molecule has 2 rings (SSSR count). The summed E-state index contributed by atoms with van der Waals surface area (Å²) in [5, 5.41) is 13.7. The number of anilines is 1. The van der Waals surface area contributed by atoms with Crippen molar-refractivity contribution in [1.82, 2.24) is 0 Å². The topological polar surface area (TPSA) is 94.1 Å². The van der Waals surface area contributed by atoms with Crippen LogP contribution in [0.1, 0.15) is 20.8 Å². The van der Waals surface area contributed by atoms with E-state index in [0.717, 1.165) is 5.69 Å². The van der Waals surface area contributed by atoms with E-state index in [9.17, 15) is 14.7 Å². The first-order valence-corrected chi connectivity index (χ1v) is 8.30. The van der Waals surface area contributed by atoms with Crippen molar-refractivity contribution in [3.63, 3.8) is 0 Å². The maximum absolute atomic E-state index is 11.6. The van der Waals surface area contributed by atoms with Crippen molar-refractivity contribution in [3.8, 4) is 0 Å². The maximum atomic E-state index is 11.6. The molecular formula is C18H25NO6. The van der Waals surface area contributed by atoms with Crippen molar-refractivity contribution in [2.45, 2.75) is 45.1 Å². The quantitative estimate of drug-likeness (QED) is 0.774. The zero-order valence-corrected chi connectivity index (χ0v) is 14.7. The zero-order valence-electron chi connectivity index (χ0n) is 14.7. The van der Waals surface area contributed by atoms with Gasteiger partial charge in [-0.1, -0.05) is 25.1 Å². The van der Waals surface area contributed by atoms with Crippen LogP contribution in [0.5, 0.6) is 0 Å². The van der Waals surface area contributed by atoms with Gasteiger partial charge in [-0.2, -0.15) is 0 Å². The molecule has 25 heavy (non-hydrogen) atoms. The molecule has 0 aromatic heterocycles. The largest absolute Gasteiger partial charge is 0.463 e. The van der Waals surface area contributed by atoms with E-state index >= 15 is 0 Å². The highest BCUT2D eigenvalue weighted by molar-refractivity contribution is 5.67. The summed E-state index contributed by atoms with van der Waals surface area (Å²) < 4.78 is 16.2. The Labute approximate surface area is 147 Å². The van der Waals surface area contributed by atoms with Crippen LogP contribution in [0.3, 0.4) is 0 Å². The molecule has 0 aliphatic carbocycles. The molecule has 7 nitrogen and oxygen atoms in total. The molecule has 0 amide bonds. The predicted octanol–water partition coefficient (Wildman–Crippen LogP) is 1.36. The van der Waals surface area contributed by atoms with E-state index in [1.807, 2.05) is 37.3 Å². The average Bonchev–Trinajstić information content (AvgIpc) is 2.67. The SMILES string of the molecule is CC(=O)OC[C@H]1OC[C@H](O)[C@H](C)[C@H](Nc2ccccc2)[C@H]1OC(C)=O. The Morgan fingerprint density at radius 1 is 1.24 bits per heavy atom. The van der Waals surface area contributed by atoms with E-state index in [1.165, 1.54) is 13.8 Å². The molecule has 2 N–H and O–H groups in total. The van der Waals surface area contributed by atoms with Crippen LogP contribution < -0.4 is 5.32 Å². The van der Waals surface area contributed by atoms with Crippen molar-refractivity contribution >= 4 is 17.6 Å². The van der Waals surface area contributed by atoms with Gasteiger partial charge in [-0.25, -0.2) is 0 Å². The first kappa shape index (κ1) is 19.2. The van der Waals surface area contributed by atoms with Crippen LogP contribution in [-0.2, 0) is 23.8 Å². The van der Waals surface area contributed by atoms with Gasteiger partial charge in [0.2, 0.25) is 0 Å². The van der Waals surface area contributed by atoms with Gasteiger partial charge in [0.1, 0.15) is 12.7 Å². The second-order valence-electron chi connectivity index (χ2n) is 6.21. The first-order valence-electron chi connectivity index (χ1n) is 8.30. The fraction of sp³-hybridized carbons (Fsp3) is 0.556. The summed E-state index contributed by atoms with van der Waals surface area (Å²) in [6.45, 7) is 4.49. The van der Waals surface area contributed by atoms with E-state index in [-0.39, 0.29) is 19.1 Å². The Hall–Kier alpha value is -2.12. The highest BCUT2D eigenvalue weighted by Gasteiger charge is 2.42. The van der Waals surface area contributed by atoms with Crippen LogP contribution in [0.25, 0.3) is 0 Å². The summed E-state index contributed by atoms with van der Waals surface area (Å²) in [5.74, 6) is -1.17. The van der Waals surface area contributed by atoms with Gasteiger partial charge in [0.25, 0.3) is 0 Å². The molecule has 7 heteroatoms. The highest BCUT2D eigenvalue weighted by Crippen LogP contribution is 2.27. The lowest BCUT2D eigenvalue weighted by Crippen LogP contribution is -2.50. The van der Waals surface area contributed by atoms with Gasteiger partial charge in [0.15, 0.2) is 6.10 Å². The van der Waals surface area contributed by atoms with E-state index < -0.39 is 36.3 Å². The fourth-order valence-electron chi connectivity index (χ4n) is 2.86. The Balaban J connectivity index is 2.28. The third-order valence-electron chi connectivity index (χ3n) is 4.23. The minimum atomic E-state index is -0.749. The summed E-state index contributed by atoms with van der Waals surface area (Å²) in [6.07, 6.45) is -2.14. The number of nitrogens with one attached hydrogen (secondary N) is 1. The molecule has 5 atom stereocenters. The van der Waals surface area contributed by atoms with Gasteiger partial charge in [-0.05, 0) is 12.1 Å². The molecule has 138 valence electrons. The molecule has 0 spiro atoms. The average molecular weight is 351 g/mol. The number of hydrogen-bond donors (Lipinski definition) is 2. The van der Waals surface area contributed by atoms with Crippen molar-refractivity contribution in [1.29, 1.82) is 0 Å². The first-order chi connectivity index (χ1) is 11.9. The summed E-state index contributed by atoms with van der Waals surface area (Å²) in [4.78, 5) is 22.8. The Kier molecular flexibility index (Phi) is 6.78. The third-order valence-corrected chi connectivity index (χ3v) is 4.23. The number of aliphatic hydroxyl groups is 1. The number of carbonyl (C=O) groups is 2. The van der Waals surface area contributed by atoms with Gasteiger partial charge < -0.3 is 24.6 Å². The van der Waals surface area contributed by atoms with Crippen LogP contribution in [0, 0.1) is 5.92 Å². The second-order valence-corrected chi connectivity index (χ2v) is 6.21. The van der Waals surface area contributed by atoms with Gasteiger partial charge >= 0.3 is 11.9 Å². The number of benzene rings is 1. The minimum absolute atomic E-state index is 0.0559. The molecule has 0 unspecified atom stereocenters. The van der Waals surface area contributed by atoms with Crippen molar-refractivity contribution in [2.75, 3.05) is 18.5 Å². The molecule has 1 aromatic carbocycles. The van der Waals surface area contributed by atoms with Crippen LogP contribution in [-0.4, -0.2) is 54.6 Å². The van der Waals surface area contributed by atoms with E-state index in [4.69, 9.17) is 14.2 Å². The van der Waals surface area contributed by atoms with Crippen molar-refractivity contribution in [2.24, 2.45) is 5.92 Å². The fourth-order valence-corrected chi connectivity index (χ4v) is 2.86. The Morgan fingerprint density at radius 2 is 1.92 bits per heavy atom. The number of esters is 2. The number of aliphatic hydroxyl groups excluding tert-OH is 1. The molecule has 0 radical (unpaired) electrons. The van der Waals surface area contributed by atoms with Crippen molar-refractivity contribution < 1.29 is 28.9 Å². The van der Waals surface area contributed by atoms with Gasteiger partial charge in [-0.15, -0.1) is 0 Å².